The first-order chi connectivity index (χ1) is 6.95. The molecule has 1 N–H and O–H groups in total. The number of hydrogen-bond donors (Lipinski definition) is 1. The minimum atomic E-state index is -1.42. The van der Waals surface area contributed by atoms with Crippen LogP contribution in [0, 0.1) is 11.7 Å². The van der Waals surface area contributed by atoms with Gasteiger partial charge in [0.2, 0.25) is 0 Å². The first-order valence-corrected chi connectivity index (χ1v) is 4.51. The van der Waals surface area contributed by atoms with Crippen LogP contribution in [0.3, 0.4) is 0 Å². The quantitative estimate of drug-likeness (QED) is 0.779. The summed E-state index contributed by atoms with van der Waals surface area (Å²) < 4.78 is 13.2. The molecule has 3 nitrogen and oxygen atoms in total. The Labute approximate surface area is 86.5 Å². The normalized spacial score (nSPS) is 10.4. The number of Topliss-reactive ketones (excluding diaryl/α,β-unsaturated/α-hetero) is 1. The van der Waals surface area contributed by atoms with Crippen molar-refractivity contribution in [1.82, 2.24) is 0 Å². The van der Waals surface area contributed by atoms with E-state index in [4.69, 9.17) is 5.11 Å². The molecule has 1 aromatic carbocycles. The number of carbonyl (C=O) groups excluding carboxylic acids is 1. The van der Waals surface area contributed by atoms with Crippen LogP contribution < -0.4 is 0 Å². The third-order valence-electron chi connectivity index (χ3n) is 2.02. The third-order valence-corrected chi connectivity index (χ3v) is 2.02. The standard InChI is InChI=1S/C11H11FO3/c1-6(2)10(13)7-4-3-5-8(12)9(7)11(14)15/h3-6H,1-2H3,(H,14,15). The highest BCUT2D eigenvalue weighted by Crippen LogP contribution is 2.17. The summed E-state index contributed by atoms with van der Waals surface area (Å²) in [6.45, 7) is 3.28. The van der Waals surface area contributed by atoms with Gasteiger partial charge in [-0.2, -0.15) is 0 Å². The van der Waals surface area contributed by atoms with Crippen molar-refractivity contribution < 1.29 is 19.1 Å². The van der Waals surface area contributed by atoms with Crippen molar-refractivity contribution in [3.63, 3.8) is 0 Å². The molecule has 0 radical (unpaired) electrons. The topological polar surface area (TPSA) is 54.4 Å². The summed E-state index contributed by atoms with van der Waals surface area (Å²) in [5, 5.41) is 8.78. The van der Waals surface area contributed by atoms with Crippen LogP contribution in [-0.2, 0) is 0 Å². The molecule has 1 rings (SSSR count). The lowest BCUT2D eigenvalue weighted by molar-refractivity contribution is 0.0685. The molecule has 0 spiro atoms. The Morgan fingerprint density at radius 1 is 1.33 bits per heavy atom. The van der Waals surface area contributed by atoms with Crippen molar-refractivity contribution in [3.05, 3.63) is 35.1 Å². The first kappa shape index (κ1) is 11.4. The maximum absolute atomic E-state index is 13.2. The maximum atomic E-state index is 13.2. The molecular formula is C11H11FO3. The average molecular weight is 210 g/mol. The maximum Gasteiger partial charge on any atom is 0.339 e. The van der Waals surface area contributed by atoms with Crippen molar-refractivity contribution in [2.45, 2.75) is 13.8 Å². The van der Waals surface area contributed by atoms with Gasteiger partial charge in [-0.1, -0.05) is 26.0 Å². The Bertz CT molecular complexity index is 410. The zero-order chi connectivity index (χ0) is 11.6. The van der Waals surface area contributed by atoms with E-state index in [0.29, 0.717) is 0 Å². The highest BCUT2D eigenvalue weighted by molar-refractivity contribution is 6.06. The number of aromatic carboxylic acids is 1. The molecular weight excluding hydrogens is 199 g/mol. The van der Waals surface area contributed by atoms with Gasteiger partial charge in [0, 0.05) is 11.5 Å². The third kappa shape index (κ3) is 2.21. The van der Waals surface area contributed by atoms with E-state index in [1.54, 1.807) is 13.8 Å². The van der Waals surface area contributed by atoms with Gasteiger partial charge in [0.25, 0.3) is 0 Å². The van der Waals surface area contributed by atoms with Crippen molar-refractivity contribution in [2.24, 2.45) is 5.92 Å². The van der Waals surface area contributed by atoms with E-state index in [2.05, 4.69) is 0 Å². The molecule has 0 bridgehead atoms. The summed E-state index contributed by atoms with van der Waals surface area (Å²) >= 11 is 0. The van der Waals surface area contributed by atoms with Gasteiger partial charge in [0.05, 0.1) is 0 Å². The highest BCUT2D eigenvalue weighted by atomic mass is 19.1. The van der Waals surface area contributed by atoms with Gasteiger partial charge in [-0.3, -0.25) is 4.79 Å². The fourth-order valence-electron chi connectivity index (χ4n) is 1.26. The van der Waals surface area contributed by atoms with Gasteiger partial charge in [-0.25, -0.2) is 9.18 Å². The Morgan fingerprint density at radius 2 is 1.93 bits per heavy atom. The number of rotatable bonds is 3. The van der Waals surface area contributed by atoms with Crippen molar-refractivity contribution in [1.29, 1.82) is 0 Å². The molecule has 0 aromatic heterocycles. The number of carboxylic acids is 1. The Morgan fingerprint density at radius 3 is 2.40 bits per heavy atom. The molecule has 80 valence electrons. The predicted octanol–water partition coefficient (Wildman–Crippen LogP) is 2.36. The number of benzene rings is 1. The first-order valence-electron chi connectivity index (χ1n) is 4.51. The summed E-state index contributed by atoms with van der Waals surface area (Å²) in [6.07, 6.45) is 0. The van der Waals surface area contributed by atoms with Crippen LogP contribution in [0.1, 0.15) is 34.6 Å². The van der Waals surface area contributed by atoms with Crippen LogP contribution in [0.15, 0.2) is 18.2 Å². The van der Waals surface area contributed by atoms with E-state index in [1.165, 1.54) is 12.1 Å². The molecule has 0 aliphatic rings. The second kappa shape index (κ2) is 4.21. The molecule has 0 aliphatic heterocycles. The zero-order valence-electron chi connectivity index (χ0n) is 8.45. The lowest BCUT2D eigenvalue weighted by Crippen LogP contribution is -2.15. The van der Waals surface area contributed by atoms with Crippen molar-refractivity contribution in [2.75, 3.05) is 0 Å². The van der Waals surface area contributed by atoms with Crippen LogP contribution in [0.5, 0.6) is 0 Å². The monoisotopic (exact) mass is 210 g/mol. The molecule has 15 heavy (non-hydrogen) atoms. The van der Waals surface area contributed by atoms with Crippen LogP contribution >= 0.6 is 0 Å². The summed E-state index contributed by atoms with van der Waals surface area (Å²) in [4.78, 5) is 22.4. The molecule has 0 atom stereocenters. The fourth-order valence-corrected chi connectivity index (χ4v) is 1.26. The minimum Gasteiger partial charge on any atom is -0.478 e. The molecule has 0 fully saturated rings. The van der Waals surface area contributed by atoms with Gasteiger partial charge < -0.3 is 5.11 Å². The van der Waals surface area contributed by atoms with E-state index in [1.807, 2.05) is 0 Å². The van der Waals surface area contributed by atoms with Crippen molar-refractivity contribution in [3.8, 4) is 0 Å². The van der Waals surface area contributed by atoms with Crippen LogP contribution in [0.2, 0.25) is 0 Å². The molecule has 0 amide bonds. The molecule has 1 aromatic rings. The lowest BCUT2D eigenvalue weighted by Gasteiger charge is -2.07. The van der Waals surface area contributed by atoms with E-state index >= 15 is 0 Å². The van der Waals surface area contributed by atoms with Gasteiger partial charge in [-0.05, 0) is 6.07 Å². The fraction of sp³-hybridized carbons (Fsp3) is 0.273. The number of hydrogen-bond acceptors (Lipinski definition) is 2. The predicted molar refractivity (Wildman–Crippen MR) is 52.5 cm³/mol. The van der Waals surface area contributed by atoms with Gasteiger partial charge in [-0.15, -0.1) is 0 Å². The van der Waals surface area contributed by atoms with E-state index in [-0.39, 0.29) is 17.3 Å². The summed E-state index contributed by atoms with van der Waals surface area (Å²) in [5.41, 5.74) is -0.617. The largest absolute Gasteiger partial charge is 0.478 e. The Hall–Kier alpha value is -1.71. The molecule has 4 heteroatoms. The van der Waals surface area contributed by atoms with Crippen LogP contribution in [0.25, 0.3) is 0 Å². The SMILES string of the molecule is CC(C)C(=O)c1cccc(F)c1C(=O)O. The molecule has 0 saturated heterocycles. The zero-order valence-corrected chi connectivity index (χ0v) is 8.45. The van der Waals surface area contributed by atoms with Crippen LogP contribution in [0.4, 0.5) is 4.39 Å². The van der Waals surface area contributed by atoms with E-state index in [0.717, 1.165) is 6.07 Å². The average Bonchev–Trinajstić information content (AvgIpc) is 2.15. The van der Waals surface area contributed by atoms with E-state index < -0.39 is 17.3 Å². The summed E-state index contributed by atoms with van der Waals surface area (Å²) in [6, 6.07) is 3.69. The smallest absolute Gasteiger partial charge is 0.339 e. The van der Waals surface area contributed by atoms with Crippen molar-refractivity contribution >= 4 is 11.8 Å². The highest BCUT2D eigenvalue weighted by Gasteiger charge is 2.21. The summed E-state index contributed by atoms with van der Waals surface area (Å²) in [7, 11) is 0. The van der Waals surface area contributed by atoms with E-state index in [9.17, 15) is 14.0 Å². The molecule has 0 heterocycles. The molecule has 0 unspecified atom stereocenters. The number of carbonyl (C=O) groups is 2. The number of ketones is 1. The second-order valence-electron chi connectivity index (χ2n) is 3.49. The number of halogens is 1. The van der Waals surface area contributed by atoms with Gasteiger partial charge in [0.1, 0.15) is 11.4 Å². The Balaban J connectivity index is 3.35. The lowest BCUT2D eigenvalue weighted by atomic mass is 9.96. The van der Waals surface area contributed by atoms with Crippen LogP contribution in [-0.4, -0.2) is 16.9 Å². The molecule has 0 aliphatic carbocycles. The molecule has 0 saturated carbocycles. The number of carboxylic acid groups (broad SMARTS) is 1. The van der Waals surface area contributed by atoms with Gasteiger partial charge in [0.15, 0.2) is 5.78 Å². The van der Waals surface area contributed by atoms with Gasteiger partial charge >= 0.3 is 5.97 Å². The summed E-state index contributed by atoms with van der Waals surface area (Å²) in [5.74, 6) is -3.03. The second-order valence-corrected chi connectivity index (χ2v) is 3.49. The Kier molecular flexibility index (Phi) is 3.19. The minimum absolute atomic E-state index is 0.0718.